The first-order valence-corrected chi connectivity index (χ1v) is 6.25. The molecule has 0 atom stereocenters. The van der Waals surface area contributed by atoms with Gasteiger partial charge in [0.2, 0.25) is 0 Å². The van der Waals surface area contributed by atoms with E-state index < -0.39 is 11.7 Å². The third kappa shape index (κ3) is 2.61. The second-order valence-electron chi connectivity index (χ2n) is 4.91. The van der Waals surface area contributed by atoms with Crippen molar-refractivity contribution < 1.29 is 13.2 Å². The van der Waals surface area contributed by atoms with Crippen molar-refractivity contribution in [2.75, 3.05) is 6.54 Å². The Morgan fingerprint density at radius 2 is 1.89 bits per heavy atom. The molecular formula is C14H17F3N2. The van der Waals surface area contributed by atoms with Gasteiger partial charge in [0, 0.05) is 17.3 Å². The van der Waals surface area contributed by atoms with Gasteiger partial charge in [-0.2, -0.15) is 13.2 Å². The summed E-state index contributed by atoms with van der Waals surface area (Å²) >= 11 is 0. The number of halogens is 3. The summed E-state index contributed by atoms with van der Waals surface area (Å²) in [5, 5.41) is 0.824. The molecule has 104 valence electrons. The molecule has 0 bridgehead atoms. The quantitative estimate of drug-likeness (QED) is 0.905. The number of aromatic nitrogens is 1. The molecule has 0 amide bonds. The minimum absolute atomic E-state index is 0.0996. The van der Waals surface area contributed by atoms with Crippen LogP contribution in [-0.2, 0) is 12.6 Å². The minimum atomic E-state index is -4.31. The van der Waals surface area contributed by atoms with Gasteiger partial charge in [0.05, 0.1) is 5.56 Å². The fraction of sp³-hybridized carbons (Fsp3) is 0.429. The molecule has 0 radical (unpaired) electrons. The summed E-state index contributed by atoms with van der Waals surface area (Å²) in [4.78, 5) is 0. The van der Waals surface area contributed by atoms with Crippen LogP contribution < -0.4 is 5.73 Å². The van der Waals surface area contributed by atoms with Crippen LogP contribution in [0.2, 0.25) is 0 Å². The highest BCUT2D eigenvalue weighted by molar-refractivity contribution is 5.82. The van der Waals surface area contributed by atoms with E-state index in [-0.39, 0.29) is 6.04 Å². The lowest BCUT2D eigenvalue weighted by Gasteiger charge is -2.15. The number of nitrogens with two attached hydrogens (primary N) is 1. The smallest absolute Gasteiger partial charge is 0.342 e. The molecule has 1 heterocycles. The largest absolute Gasteiger partial charge is 0.416 e. The Morgan fingerprint density at radius 3 is 2.42 bits per heavy atom. The first kappa shape index (κ1) is 13.9. The van der Waals surface area contributed by atoms with E-state index in [2.05, 4.69) is 0 Å². The topological polar surface area (TPSA) is 30.9 Å². The Balaban J connectivity index is 2.66. The van der Waals surface area contributed by atoms with E-state index >= 15 is 0 Å². The lowest BCUT2D eigenvalue weighted by Crippen LogP contribution is -2.11. The van der Waals surface area contributed by atoms with Gasteiger partial charge >= 0.3 is 6.18 Å². The predicted molar refractivity (Wildman–Crippen MR) is 70.1 cm³/mol. The van der Waals surface area contributed by atoms with E-state index in [1.165, 1.54) is 12.1 Å². The molecule has 0 aliphatic carbocycles. The number of fused-ring (bicyclic) bond motifs is 1. The van der Waals surface area contributed by atoms with Gasteiger partial charge in [-0.3, -0.25) is 0 Å². The maximum absolute atomic E-state index is 12.8. The average Bonchev–Trinajstić information content (AvgIpc) is 2.65. The summed E-state index contributed by atoms with van der Waals surface area (Å²) in [6.07, 6.45) is -3.65. The lowest BCUT2D eigenvalue weighted by molar-refractivity contribution is -0.137. The van der Waals surface area contributed by atoms with E-state index in [1.54, 1.807) is 0 Å². The van der Waals surface area contributed by atoms with Gasteiger partial charge < -0.3 is 10.3 Å². The molecule has 0 spiro atoms. The SMILES string of the molecule is CC(C)n1c(CCN)cc2ccc(C(F)(F)F)cc21. The van der Waals surface area contributed by atoms with Crippen molar-refractivity contribution >= 4 is 10.9 Å². The molecule has 0 saturated heterocycles. The Hall–Kier alpha value is -1.49. The number of rotatable bonds is 3. The fourth-order valence-electron chi connectivity index (χ4n) is 2.40. The van der Waals surface area contributed by atoms with Crippen molar-refractivity contribution in [3.05, 3.63) is 35.5 Å². The van der Waals surface area contributed by atoms with E-state index in [9.17, 15) is 13.2 Å². The maximum Gasteiger partial charge on any atom is 0.416 e. The standard InChI is InChI=1S/C14H17F3N2/c1-9(2)19-12(5-6-18)7-10-3-4-11(8-13(10)19)14(15,16)17/h3-4,7-9H,5-6,18H2,1-2H3. The molecule has 0 fully saturated rings. The van der Waals surface area contributed by atoms with Crippen molar-refractivity contribution in [2.45, 2.75) is 32.5 Å². The summed E-state index contributed by atoms with van der Waals surface area (Å²) in [6, 6.07) is 5.89. The van der Waals surface area contributed by atoms with Gasteiger partial charge in [-0.1, -0.05) is 6.07 Å². The Kier molecular flexibility index (Phi) is 3.58. The van der Waals surface area contributed by atoms with Crippen molar-refractivity contribution in [3.63, 3.8) is 0 Å². The second kappa shape index (κ2) is 4.89. The molecule has 1 aromatic carbocycles. The molecule has 0 aliphatic rings. The summed E-state index contributed by atoms with van der Waals surface area (Å²) in [5.74, 6) is 0. The van der Waals surface area contributed by atoms with E-state index in [0.717, 1.165) is 17.1 Å². The molecular weight excluding hydrogens is 253 g/mol. The highest BCUT2D eigenvalue weighted by Gasteiger charge is 2.31. The maximum atomic E-state index is 12.8. The monoisotopic (exact) mass is 270 g/mol. The molecule has 0 saturated carbocycles. The summed E-state index contributed by atoms with van der Waals surface area (Å²) in [7, 11) is 0. The molecule has 2 aromatic rings. The van der Waals surface area contributed by atoms with Crippen LogP contribution in [0.4, 0.5) is 13.2 Å². The van der Waals surface area contributed by atoms with E-state index in [1.807, 2.05) is 24.5 Å². The zero-order valence-electron chi connectivity index (χ0n) is 11.0. The van der Waals surface area contributed by atoms with Crippen LogP contribution in [0, 0.1) is 0 Å². The third-order valence-corrected chi connectivity index (χ3v) is 3.17. The highest BCUT2D eigenvalue weighted by atomic mass is 19.4. The zero-order chi connectivity index (χ0) is 14.2. The zero-order valence-corrected chi connectivity index (χ0v) is 11.0. The molecule has 19 heavy (non-hydrogen) atoms. The molecule has 0 aliphatic heterocycles. The van der Waals surface area contributed by atoms with Crippen LogP contribution in [0.25, 0.3) is 10.9 Å². The average molecular weight is 270 g/mol. The van der Waals surface area contributed by atoms with Crippen LogP contribution in [0.3, 0.4) is 0 Å². The van der Waals surface area contributed by atoms with Crippen molar-refractivity contribution in [2.24, 2.45) is 5.73 Å². The van der Waals surface area contributed by atoms with Crippen LogP contribution in [0.15, 0.2) is 24.3 Å². The van der Waals surface area contributed by atoms with Gasteiger partial charge in [0.1, 0.15) is 0 Å². The number of nitrogens with zero attached hydrogens (tertiary/aromatic N) is 1. The summed E-state index contributed by atoms with van der Waals surface area (Å²) in [5.41, 5.74) is 6.54. The van der Waals surface area contributed by atoms with E-state index in [4.69, 9.17) is 5.73 Å². The second-order valence-corrected chi connectivity index (χ2v) is 4.91. The summed E-state index contributed by atoms with van der Waals surface area (Å²) in [6.45, 7) is 4.40. The van der Waals surface area contributed by atoms with Crippen LogP contribution >= 0.6 is 0 Å². The molecule has 2 rings (SSSR count). The number of hydrogen-bond acceptors (Lipinski definition) is 1. The molecule has 0 unspecified atom stereocenters. The first-order chi connectivity index (χ1) is 8.84. The Morgan fingerprint density at radius 1 is 1.21 bits per heavy atom. The molecule has 5 heteroatoms. The first-order valence-electron chi connectivity index (χ1n) is 6.25. The molecule has 2 N–H and O–H groups in total. The van der Waals surface area contributed by atoms with Gasteiger partial charge in [-0.05, 0) is 50.4 Å². The highest BCUT2D eigenvalue weighted by Crippen LogP contribution is 2.33. The van der Waals surface area contributed by atoms with E-state index in [0.29, 0.717) is 18.5 Å². The lowest BCUT2D eigenvalue weighted by atomic mass is 10.1. The number of benzene rings is 1. The predicted octanol–water partition coefficient (Wildman–Crippen LogP) is 3.74. The Bertz CT molecular complexity index is 582. The Labute approximate surface area is 110 Å². The number of hydrogen-bond donors (Lipinski definition) is 1. The van der Waals surface area contributed by atoms with Crippen LogP contribution in [-0.4, -0.2) is 11.1 Å². The fourth-order valence-corrected chi connectivity index (χ4v) is 2.40. The summed E-state index contributed by atoms with van der Waals surface area (Å²) < 4.78 is 40.3. The van der Waals surface area contributed by atoms with Gasteiger partial charge in [0.25, 0.3) is 0 Å². The van der Waals surface area contributed by atoms with Crippen molar-refractivity contribution in [3.8, 4) is 0 Å². The molecule has 2 nitrogen and oxygen atoms in total. The van der Waals surface area contributed by atoms with Crippen molar-refractivity contribution in [1.82, 2.24) is 4.57 Å². The van der Waals surface area contributed by atoms with Gasteiger partial charge in [-0.25, -0.2) is 0 Å². The molecule has 1 aromatic heterocycles. The van der Waals surface area contributed by atoms with Crippen LogP contribution in [0.5, 0.6) is 0 Å². The third-order valence-electron chi connectivity index (χ3n) is 3.17. The van der Waals surface area contributed by atoms with Crippen molar-refractivity contribution in [1.29, 1.82) is 0 Å². The minimum Gasteiger partial charge on any atom is -0.342 e. The van der Waals surface area contributed by atoms with Gasteiger partial charge in [-0.15, -0.1) is 0 Å². The van der Waals surface area contributed by atoms with Crippen LogP contribution in [0.1, 0.15) is 31.1 Å². The normalized spacial score (nSPS) is 12.6. The number of alkyl halides is 3. The van der Waals surface area contributed by atoms with Gasteiger partial charge in [0.15, 0.2) is 0 Å².